The molecule has 0 aliphatic heterocycles. The van der Waals surface area contributed by atoms with E-state index in [-0.39, 0.29) is 6.61 Å². The number of pyridine rings is 1. The molecular formula is C7H11N3O. The van der Waals surface area contributed by atoms with Gasteiger partial charge in [-0.25, -0.2) is 0 Å². The Hall–Kier alpha value is -1.29. The van der Waals surface area contributed by atoms with Gasteiger partial charge in [0, 0.05) is 5.56 Å². The molecule has 1 rings (SSSR count). The number of aliphatic hydroxyl groups excluding tert-OH is 1. The smallest absolute Gasteiger partial charge is 0.0723 e. The summed E-state index contributed by atoms with van der Waals surface area (Å²) in [6.45, 7) is 1.63. The number of aromatic nitrogens is 1. The number of nitrogens with zero attached hydrogens (tertiary/aromatic N) is 1. The SMILES string of the molecule is Cc1ncc(N)c(CO)c1N. The monoisotopic (exact) mass is 153 g/mol. The number of nitrogens with two attached hydrogens (primary N) is 2. The van der Waals surface area contributed by atoms with Gasteiger partial charge in [0.15, 0.2) is 0 Å². The Balaban J connectivity index is 3.29. The van der Waals surface area contributed by atoms with E-state index < -0.39 is 0 Å². The predicted octanol–water partition coefficient (Wildman–Crippen LogP) is 0.0467. The van der Waals surface area contributed by atoms with E-state index in [4.69, 9.17) is 16.6 Å². The number of hydrogen-bond donors (Lipinski definition) is 3. The summed E-state index contributed by atoms with van der Waals surface area (Å²) in [4.78, 5) is 3.93. The molecular weight excluding hydrogens is 142 g/mol. The maximum Gasteiger partial charge on any atom is 0.0723 e. The van der Waals surface area contributed by atoms with Gasteiger partial charge >= 0.3 is 0 Å². The molecule has 0 saturated heterocycles. The normalized spacial score (nSPS) is 10.0. The average molecular weight is 153 g/mol. The van der Waals surface area contributed by atoms with Crippen LogP contribution in [0.25, 0.3) is 0 Å². The minimum Gasteiger partial charge on any atom is -0.397 e. The van der Waals surface area contributed by atoms with Crippen molar-refractivity contribution in [2.75, 3.05) is 11.5 Å². The molecule has 0 unspecified atom stereocenters. The van der Waals surface area contributed by atoms with Gasteiger partial charge in [0.05, 0.1) is 29.9 Å². The fourth-order valence-electron chi connectivity index (χ4n) is 0.864. The van der Waals surface area contributed by atoms with Crippen LogP contribution in [0.4, 0.5) is 11.4 Å². The van der Waals surface area contributed by atoms with Crippen molar-refractivity contribution in [3.8, 4) is 0 Å². The highest BCUT2D eigenvalue weighted by Crippen LogP contribution is 2.20. The molecule has 0 spiro atoms. The minimum atomic E-state index is -0.138. The third-order valence-corrected chi connectivity index (χ3v) is 1.62. The van der Waals surface area contributed by atoms with Crippen LogP contribution in [0.1, 0.15) is 11.3 Å². The first kappa shape index (κ1) is 7.81. The van der Waals surface area contributed by atoms with Gasteiger partial charge in [-0.15, -0.1) is 0 Å². The standard InChI is InChI=1S/C7H11N3O/c1-4-7(9)5(3-11)6(8)2-10-4/h2,11H,3,8-9H2,1H3. The first-order valence-corrected chi connectivity index (χ1v) is 3.27. The van der Waals surface area contributed by atoms with Crippen LogP contribution in [0.15, 0.2) is 6.20 Å². The molecule has 0 atom stereocenters. The van der Waals surface area contributed by atoms with Gasteiger partial charge in [0.1, 0.15) is 0 Å². The van der Waals surface area contributed by atoms with Crippen molar-refractivity contribution in [1.29, 1.82) is 0 Å². The lowest BCUT2D eigenvalue weighted by Gasteiger charge is -2.07. The van der Waals surface area contributed by atoms with Crippen molar-refractivity contribution in [2.45, 2.75) is 13.5 Å². The zero-order valence-corrected chi connectivity index (χ0v) is 6.33. The third kappa shape index (κ3) is 1.25. The molecule has 0 bridgehead atoms. The number of aliphatic hydroxyl groups is 1. The summed E-state index contributed by atoms with van der Waals surface area (Å²) in [5.74, 6) is 0. The molecule has 0 aliphatic rings. The molecule has 0 aliphatic carbocycles. The molecule has 4 nitrogen and oxygen atoms in total. The van der Waals surface area contributed by atoms with Crippen LogP contribution in [0.3, 0.4) is 0 Å². The molecule has 11 heavy (non-hydrogen) atoms. The number of nitrogen functional groups attached to an aromatic ring is 2. The quantitative estimate of drug-likeness (QED) is 0.532. The zero-order valence-electron chi connectivity index (χ0n) is 6.33. The fourth-order valence-corrected chi connectivity index (χ4v) is 0.864. The molecule has 0 saturated carbocycles. The third-order valence-electron chi connectivity index (χ3n) is 1.62. The molecule has 4 heteroatoms. The summed E-state index contributed by atoms with van der Waals surface area (Å²) in [6.07, 6.45) is 1.50. The molecule has 5 N–H and O–H groups in total. The second-order valence-corrected chi connectivity index (χ2v) is 2.35. The Bertz CT molecular complexity index is 273. The number of aryl methyl sites for hydroxylation is 1. The van der Waals surface area contributed by atoms with Crippen molar-refractivity contribution in [3.05, 3.63) is 17.5 Å². The van der Waals surface area contributed by atoms with Crippen LogP contribution in [-0.4, -0.2) is 10.1 Å². The number of rotatable bonds is 1. The summed E-state index contributed by atoms with van der Waals surface area (Å²) >= 11 is 0. The Kier molecular flexibility index (Phi) is 1.96. The van der Waals surface area contributed by atoms with E-state index in [1.165, 1.54) is 6.20 Å². The molecule has 0 aromatic carbocycles. The second-order valence-electron chi connectivity index (χ2n) is 2.35. The first-order valence-electron chi connectivity index (χ1n) is 3.27. The van der Waals surface area contributed by atoms with Crippen LogP contribution in [0.5, 0.6) is 0 Å². The summed E-state index contributed by atoms with van der Waals surface area (Å²) in [5.41, 5.74) is 13.3. The van der Waals surface area contributed by atoms with E-state index in [2.05, 4.69) is 4.98 Å². The number of anilines is 2. The van der Waals surface area contributed by atoms with Gasteiger partial charge in [-0.1, -0.05) is 0 Å². The van der Waals surface area contributed by atoms with Gasteiger partial charge in [-0.3, -0.25) is 4.98 Å². The van der Waals surface area contributed by atoms with Crippen molar-refractivity contribution < 1.29 is 5.11 Å². The fraction of sp³-hybridized carbons (Fsp3) is 0.286. The van der Waals surface area contributed by atoms with Gasteiger partial charge < -0.3 is 16.6 Å². The van der Waals surface area contributed by atoms with Crippen molar-refractivity contribution in [2.24, 2.45) is 0 Å². The van der Waals surface area contributed by atoms with E-state index in [0.29, 0.717) is 22.6 Å². The van der Waals surface area contributed by atoms with E-state index >= 15 is 0 Å². The Morgan fingerprint density at radius 3 is 2.64 bits per heavy atom. The van der Waals surface area contributed by atoms with E-state index in [0.717, 1.165) is 0 Å². The molecule has 0 radical (unpaired) electrons. The molecule has 1 aromatic heterocycles. The topological polar surface area (TPSA) is 85.2 Å². The highest BCUT2D eigenvalue weighted by atomic mass is 16.3. The van der Waals surface area contributed by atoms with Gasteiger partial charge in [0.25, 0.3) is 0 Å². The molecule has 60 valence electrons. The summed E-state index contributed by atoms with van der Waals surface area (Å²) < 4.78 is 0. The highest BCUT2D eigenvalue weighted by molar-refractivity contribution is 5.61. The van der Waals surface area contributed by atoms with Crippen LogP contribution >= 0.6 is 0 Å². The van der Waals surface area contributed by atoms with Crippen LogP contribution in [-0.2, 0) is 6.61 Å². The van der Waals surface area contributed by atoms with Crippen molar-refractivity contribution >= 4 is 11.4 Å². The van der Waals surface area contributed by atoms with E-state index in [1.54, 1.807) is 6.92 Å². The Morgan fingerprint density at radius 1 is 1.55 bits per heavy atom. The first-order chi connectivity index (χ1) is 5.16. The lowest BCUT2D eigenvalue weighted by atomic mass is 10.1. The Morgan fingerprint density at radius 2 is 2.18 bits per heavy atom. The minimum absolute atomic E-state index is 0.138. The van der Waals surface area contributed by atoms with Crippen LogP contribution < -0.4 is 11.5 Å². The van der Waals surface area contributed by atoms with Crippen LogP contribution in [0.2, 0.25) is 0 Å². The van der Waals surface area contributed by atoms with Gasteiger partial charge in [0.2, 0.25) is 0 Å². The predicted molar refractivity (Wildman–Crippen MR) is 43.7 cm³/mol. The molecule has 0 fully saturated rings. The van der Waals surface area contributed by atoms with Gasteiger partial charge in [-0.05, 0) is 6.92 Å². The zero-order chi connectivity index (χ0) is 8.43. The lowest BCUT2D eigenvalue weighted by molar-refractivity contribution is 0.283. The average Bonchev–Trinajstić information content (AvgIpc) is 1.99. The molecule has 1 heterocycles. The maximum absolute atomic E-state index is 8.84. The molecule has 1 aromatic rings. The number of hydrogen-bond acceptors (Lipinski definition) is 4. The van der Waals surface area contributed by atoms with Crippen molar-refractivity contribution in [1.82, 2.24) is 4.98 Å². The summed E-state index contributed by atoms with van der Waals surface area (Å²) in [6, 6.07) is 0. The highest BCUT2D eigenvalue weighted by Gasteiger charge is 2.05. The van der Waals surface area contributed by atoms with E-state index in [9.17, 15) is 0 Å². The maximum atomic E-state index is 8.84. The second kappa shape index (κ2) is 2.75. The van der Waals surface area contributed by atoms with Gasteiger partial charge in [-0.2, -0.15) is 0 Å². The van der Waals surface area contributed by atoms with Crippen LogP contribution in [0, 0.1) is 6.92 Å². The Labute approximate surface area is 64.9 Å². The molecule has 0 amide bonds. The summed E-state index contributed by atoms with van der Waals surface area (Å²) in [7, 11) is 0. The lowest BCUT2D eigenvalue weighted by Crippen LogP contribution is -2.03. The summed E-state index contributed by atoms with van der Waals surface area (Å²) in [5, 5.41) is 8.84. The van der Waals surface area contributed by atoms with Crippen molar-refractivity contribution in [3.63, 3.8) is 0 Å². The van der Waals surface area contributed by atoms with E-state index in [1.807, 2.05) is 0 Å². The largest absolute Gasteiger partial charge is 0.397 e.